The van der Waals surface area contributed by atoms with Crippen LogP contribution in [0, 0.1) is 0 Å². The van der Waals surface area contributed by atoms with Crippen LogP contribution in [0.5, 0.6) is 0 Å². The molecule has 2 saturated heterocycles. The van der Waals surface area contributed by atoms with Crippen molar-refractivity contribution in [3.63, 3.8) is 0 Å². The fraction of sp³-hybridized carbons (Fsp3) is 0.556. The maximum Gasteiger partial charge on any atom is 0.411 e. The number of nitrogens with zero attached hydrogens (tertiary/aromatic N) is 1. The van der Waals surface area contributed by atoms with Crippen molar-refractivity contribution < 1.29 is 23.8 Å². The second-order valence-corrected chi connectivity index (χ2v) is 6.31. The van der Waals surface area contributed by atoms with Crippen molar-refractivity contribution in [1.82, 2.24) is 4.90 Å². The molecule has 1 aromatic carbocycles. The van der Waals surface area contributed by atoms with Gasteiger partial charge in [0.15, 0.2) is 0 Å². The molecule has 3 rings (SSSR count). The number of benzene rings is 1. The number of rotatable bonds is 6. The smallest absolute Gasteiger partial charge is 0.411 e. The predicted octanol–water partition coefficient (Wildman–Crippen LogP) is 2.51. The summed E-state index contributed by atoms with van der Waals surface area (Å²) in [7, 11) is 1.36. The quantitative estimate of drug-likeness (QED) is 0.591. The minimum Gasteiger partial charge on any atom is -0.467 e. The molecule has 0 N–H and O–H groups in total. The summed E-state index contributed by atoms with van der Waals surface area (Å²) in [6, 6.07) is 9.50. The van der Waals surface area contributed by atoms with Crippen molar-refractivity contribution in [1.29, 1.82) is 0 Å². The molecule has 0 bridgehead atoms. The van der Waals surface area contributed by atoms with Crippen LogP contribution < -0.4 is 0 Å². The summed E-state index contributed by atoms with van der Waals surface area (Å²) in [5.41, 5.74) is -0.00540. The normalized spacial score (nSPS) is 25.4. The lowest BCUT2D eigenvalue weighted by Crippen LogP contribution is -2.54. The first kappa shape index (κ1) is 16.8. The van der Waals surface area contributed by atoms with E-state index in [1.807, 2.05) is 30.3 Å². The number of likely N-dealkylation sites (tertiary alicyclic amines) is 1. The molecule has 0 saturated carbocycles. The van der Waals surface area contributed by atoms with Crippen LogP contribution in [0.3, 0.4) is 0 Å². The van der Waals surface area contributed by atoms with Crippen molar-refractivity contribution in [3.8, 4) is 0 Å². The van der Waals surface area contributed by atoms with Gasteiger partial charge >= 0.3 is 12.1 Å². The van der Waals surface area contributed by atoms with E-state index < -0.39 is 11.6 Å². The summed E-state index contributed by atoms with van der Waals surface area (Å²) in [5, 5.41) is 0. The van der Waals surface area contributed by atoms with E-state index in [2.05, 4.69) is 0 Å². The molecule has 2 aliphatic rings. The van der Waals surface area contributed by atoms with E-state index in [0.29, 0.717) is 19.4 Å². The lowest BCUT2D eigenvalue weighted by molar-refractivity contribution is -0.153. The van der Waals surface area contributed by atoms with Gasteiger partial charge in [0.05, 0.1) is 19.8 Å². The molecule has 0 aliphatic carbocycles. The van der Waals surface area contributed by atoms with Gasteiger partial charge in [0.25, 0.3) is 0 Å². The van der Waals surface area contributed by atoms with E-state index in [0.717, 1.165) is 25.0 Å². The van der Waals surface area contributed by atoms with Gasteiger partial charge in [-0.3, -0.25) is 4.90 Å². The zero-order valence-corrected chi connectivity index (χ0v) is 13.9. The molecular formula is C18H23NO5. The second-order valence-electron chi connectivity index (χ2n) is 6.31. The van der Waals surface area contributed by atoms with Crippen LogP contribution in [0.4, 0.5) is 4.79 Å². The van der Waals surface area contributed by atoms with Crippen LogP contribution in [0.15, 0.2) is 30.3 Å². The Morgan fingerprint density at radius 2 is 2.08 bits per heavy atom. The Labute approximate surface area is 141 Å². The lowest BCUT2D eigenvalue weighted by atomic mass is 9.89. The highest BCUT2D eigenvalue weighted by Crippen LogP contribution is 2.37. The minimum absolute atomic E-state index is 0.194. The number of epoxide rings is 1. The second kappa shape index (κ2) is 7.21. The molecule has 0 radical (unpaired) electrons. The van der Waals surface area contributed by atoms with Crippen LogP contribution in [-0.4, -0.2) is 48.9 Å². The number of methoxy groups -OCH3 is 1. The SMILES string of the molecule is COC(=O)C1(CCC2CO2)CCCN1C(=O)OCc1ccccc1. The molecule has 0 aromatic heterocycles. The third-order valence-corrected chi connectivity index (χ3v) is 4.76. The van der Waals surface area contributed by atoms with Crippen LogP contribution in [0.1, 0.15) is 31.2 Å². The number of hydrogen-bond acceptors (Lipinski definition) is 5. The molecule has 6 heteroatoms. The third-order valence-electron chi connectivity index (χ3n) is 4.76. The molecule has 1 aromatic rings. The highest BCUT2D eigenvalue weighted by molar-refractivity contribution is 5.86. The van der Waals surface area contributed by atoms with E-state index in [1.54, 1.807) is 4.90 Å². The molecule has 130 valence electrons. The van der Waals surface area contributed by atoms with Crippen molar-refractivity contribution >= 4 is 12.1 Å². The minimum atomic E-state index is -0.922. The van der Waals surface area contributed by atoms with Gasteiger partial charge in [-0.05, 0) is 31.2 Å². The topological polar surface area (TPSA) is 68.4 Å². The Morgan fingerprint density at radius 1 is 1.33 bits per heavy atom. The third kappa shape index (κ3) is 3.53. The van der Waals surface area contributed by atoms with Gasteiger partial charge in [0, 0.05) is 6.54 Å². The van der Waals surface area contributed by atoms with Crippen LogP contribution >= 0.6 is 0 Å². The van der Waals surface area contributed by atoms with Crippen molar-refractivity contribution in [2.24, 2.45) is 0 Å². The summed E-state index contributed by atoms with van der Waals surface area (Å²) in [4.78, 5) is 26.6. The molecule has 6 nitrogen and oxygen atoms in total. The van der Waals surface area contributed by atoms with Gasteiger partial charge in [0.1, 0.15) is 12.1 Å². The fourth-order valence-electron chi connectivity index (χ4n) is 3.34. The standard InChI is InChI=1S/C18H23NO5/c1-22-16(20)18(10-8-15-13-23-15)9-5-11-19(18)17(21)24-12-14-6-3-2-4-7-14/h2-4,6-7,15H,5,8-13H2,1H3. The first-order valence-corrected chi connectivity index (χ1v) is 8.34. The number of carbonyl (C=O) groups excluding carboxylic acids is 2. The number of carbonyl (C=O) groups is 2. The molecule has 2 fully saturated rings. The Hall–Kier alpha value is -2.08. The van der Waals surface area contributed by atoms with Gasteiger partial charge in [-0.15, -0.1) is 0 Å². The average molecular weight is 333 g/mol. The highest BCUT2D eigenvalue weighted by Gasteiger charge is 2.51. The van der Waals surface area contributed by atoms with E-state index >= 15 is 0 Å². The average Bonchev–Trinajstić information content (AvgIpc) is 3.36. The largest absolute Gasteiger partial charge is 0.467 e. The molecule has 2 aliphatic heterocycles. The molecule has 1 amide bonds. The maximum atomic E-state index is 12.6. The first-order valence-electron chi connectivity index (χ1n) is 8.34. The lowest BCUT2D eigenvalue weighted by Gasteiger charge is -2.35. The molecule has 2 heterocycles. The van der Waals surface area contributed by atoms with Crippen LogP contribution in [-0.2, 0) is 25.6 Å². The Kier molecular flexibility index (Phi) is 5.04. The number of ether oxygens (including phenoxy) is 3. The molecule has 0 spiro atoms. The zero-order valence-electron chi connectivity index (χ0n) is 13.9. The van der Waals surface area contributed by atoms with Crippen molar-refractivity contribution in [2.45, 2.75) is 43.9 Å². The van der Waals surface area contributed by atoms with Gasteiger partial charge in [0.2, 0.25) is 0 Å². The summed E-state index contributed by atoms with van der Waals surface area (Å²) in [6.07, 6.45) is 2.41. The van der Waals surface area contributed by atoms with Crippen molar-refractivity contribution in [3.05, 3.63) is 35.9 Å². The highest BCUT2D eigenvalue weighted by atomic mass is 16.6. The van der Waals surface area contributed by atoms with Gasteiger partial charge in [-0.1, -0.05) is 30.3 Å². The summed E-state index contributed by atoms with van der Waals surface area (Å²) in [5.74, 6) is -0.364. The molecule has 2 unspecified atom stereocenters. The summed E-state index contributed by atoms with van der Waals surface area (Å²) < 4.78 is 15.7. The van der Waals surface area contributed by atoms with E-state index in [9.17, 15) is 9.59 Å². The van der Waals surface area contributed by atoms with E-state index in [1.165, 1.54) is 7.11 Å². The zero-order chi connectivity index (χ0) is 17.0. The maximum absolute atomic E-state index is 12.6. The fourth-order valence-corrected chi connectivity index (χ4v) is 3.34. The summed E-state index contributed by atoms with van der Waals surface area (Å²) >= 11 is 0. The number of amides is 1. The van der Waals surface area contributed by atoms with Gasteiger partial charge in [-0.2, -0.15) is 0 Å². The van der Waals surface area contributed by atoms with E-state index in [4.69, 9.17) is 14.2 Å². The monoisotopic (exact) mass is 333 g/mol. The predicted molar refractivity (Wildman–Crippen MR) is 86.3 cm³/mol. The molecular weight excluding hydrogens is 310 g/mol. The van der Waals surface area contributed by atoms with Crippen LogP contribution in [0.2, 0.25) is 0 Å². The van der Waals surface area contributed by atoms with Crippen molar-refractivity contribution in [2.75, 3.05) is 20.3 Å². The number of hydrogen-bond donors (Lipinski definition) is 0. The Bertz CT molecular complexity index is 586. The van der Waals surface area contributed by atoms with E-state index in [-0.39, 0.29) is 18.7 Å². The van der Waals surface area contributed by atoms with Gasteiger partial charge < -0.3 is 14.2 Å². The first-order chi connectivity index (χ1) is 11.7. The Balaban J connectivity index is 1.68. The Morgan fingerprint density at radius 3 is 2.75 bits per heavy atom. The van der Waals surface area contributed by atoms with Gasteiger partial charge in [-0.25, -0.2) is 9.59 Å². The molecule has 2 atom stereocenters. The number of esters is 1. The summed E-state index contributed by atoms with van der Waals surface area (Å²) in [6.45, 7) is 1.43. The molecule has 24 heavy (non-hydrogen) atoms. The van der Waals surface area contributed by atoms with Crippen LogP contribution in [0.25, 0.3) is 0 Å².